The van der Waals surface area contributed by atoms with E-state index in [1.807, 2.05) is 5.48 Å². The fourth-order valence-electron chi connectivity index (χ4n) is 0.592. The molecular formula is C6H7FN2O. The van der Waals surface area contributed by atoms with Crippen LogP contribution in [0.5, 0.6) is 0 Å². The summed E-state index contributed by atoms with van der Waals surface area (Å²) in [5, 5.41) is 8.21. The van der Waals surface area contributed by atoms with E-state index in [0.29, 0.717) is 5.69 Å². The van der Waals surface area contributed by atoms with Gasteiger partial charge in [0, 0.05) is 0 Å². The Labute approximate surface area is 57.5 Å². The first kappa shape index (κ1) is 7.11. The van der Waals surface area contributed by atoms with Crippen LogP contribution in [0.1, 0.15) is 5.69 Å². The minimum absolute atomic E-state index is 0.236. The van der Waals surface area contributed by atoms with E-state index in [-0.39, 0.29) is 12.4 Å². The predicted octanol–water partition coefficient (Wildman–Crippen LogP) is 0.700. The second-order valence-electron chi connectivity index (χ2n) is 1.80. The molecule has 54 valence electrons. The van der Waals surface area contributed by atoms with Gasteiger partial charge in [0.15, 0.2) is 0 Å². The van der Waals surface area contributed by atoms with E-state index in [4.69, 9.17) is 5.21 Å². The molecule has 0 aromatic carbocycles. The van der Waals surface area contributed by atoms with Crippen LogP contribution in [0.4, 0.5) is 4.39 Å². The number of hydrogen-bond donors (Lipinski definition) is 2. The van der Waals surface area contributed by atoms with Gasteiger partial charge in [-0.1, -0.05) is 0 Å². The van der Waals surface area contributed by atoms with Crippen molar-refractivity contribution in [1.29, 1.82) is 0 Å². The molecule has 1 aromatic heterocycles. The number of hydrogen-bond acceptors (Lipinski definition) is 3. The van der Waals surface area contributed by atoms with Crippen molar-refractivity contribution in [3.8, 4) is 0 Å². The monoisotopic (exact) mass is 142 g/mol. The van der Waals surface area contributed by atoms with Crippen molar-refractivity contribution in [2.75, 3.05) is 0 Å². The minimum atomic E-state index is -0.373. The summed E-state index contributed by atoms with van der Waals surface area (Å²) in [5.41, 5.74) is 2.52. The Bertz CT molecular complexity index is 199. The lowest BCUT2D eigenvalue weighted by atomic mass is 10.3. The van der Waals surface area contributed by atoms with Crippen LogP contribution < -0.4 is 5.48 Å². The van der Waals surface area contributed by atoms with Crippen molar-refractivity contribution in [2.45, 2.75) is 6.54 Å². The molecule has 10 heavy (non-hydrogen) atoms. The molecule has 0 aliphatic carbocycles. The molecule has 4 heteroatoms. The number of halogens is 1. The average Bonchev–Trinajstić information content (AvgIpc) is 1.95. The van der Waals surface area contributed by atoms with Gasteiger partial charge in [0.25, 0.3) is 0 Å². The molecule has 0 atom stereocenters. The van der Waals surface area contributed by atoms with E-state index in [9.17, 15) is 4.39 Å². The summed E-state index contributed by atoms with van der Waals surface area (Å²) in [4.78, 5) is 3.67. The van der Waals surface area contributed by atoms with Crippen LogP contribution in [0, 0.1) is 5.82 Å². The summed E-state index contributed by atoms with van der Waals surface area (Å²) in [6, 6.07) is 2.79. The van der Waals surface area contributed by atoms with E-state index in [1.54, 1.807) is 0 Å². The highest BCUT2D eigenvalue weighted by atomic mass is 19.1. The first-order valence-corrected chi connectivity index (χ1v) is 2.80. The molecule has 0 saturated heterocycles. The summed E-state index contributed by atoms with van der Waals surface area (Å²) in [7, 11) is 0. The highest BCUT2D eigenvalue weighted by molar-refractivity contribution is 5.04. The van der Waals surface area contributed by atoms with Crippen LogP contribution in [-0.4, -0.2) is 10.2 Å². The molecule has 0 aliphatic rings. The van der Waals surface area contributed by atoms with Gasteiger partial charge < -0.3 is 5.21 Å². The zero-order valence-corrected chi connectivity index (χ0v) is 5.21. The number of aromatic nitrogens is 1. The normalized spacial score (nSPS) is 9.80. The third-order valence-electron chi connectivity index (χ3n) is 1.05. The van der Waals surface area contributed by atoms with Crippen molar-refractivity contribution >= 4 is 0 Å². The number of hydroxylamine groups is 1. The zero-order valence-electron chi connectivity index (χ0n) is 5.21. The summed E-state index contributed by atoms with van der Waals surface area (Å²) >= 11 is 0. The van der Waals surface area contributed by atoms with Gasteiger partial charge in [-0.15, -0.1) is 0 Å². The summed E-state index contributed by atoms with van der Waals surface area (Å²) in [5.74, 6) is -0.373. The molecule has 0 amide bonds. The Morgan fingerprint density at radius 1 is 1.60 bits per heavy atom. The standard InChI is InChI=1S/C6H7FN2O/c7-5-1-2-6(4-9-10)8-3-5/h1-3,9-10H,4H2. The topological polar surface area (TPSA) is 45.1 Å². The quantitative estimate of drug-likeness (QED) is 0.597. The lowest BCUT2D eigenvalue weighted by Crippen LogP contribution is -2.07. The first-order valence-electron chi connectivity index (χ1n) is 2.80. The van der Waals surface area contributed by atoms with E-state index >= 15 is 0 Å². The van der Waals surface area contributed by atoms with Crippen molar-refractivity contribution in [2.24, 2.45) is 0 Å². The molecule has 2 N–H and O–H groups in total. The van der Waals surface area contributed by atoms with Crippen LogP contribution in [0.3, 0.4) is 0 Å². The number of nitrogens with one attached hydrogen (secondary N) is 1. The van der Waals surface area contributed by atoms with Crippen molar-refractivity contribution in [1.82, 2.24) is 10.5 Å². The Morgan fingerprint density at radius 2 is 2.40 bits per heavy atom. The minimum Gasteiger partial charge on any atom is -0.316 e. The molecule has 1 rings (SSSR count). The molecular weight excluding hydrogens is 135 g/mol. The highest BCUT2D eigenvalue weighted by Gasteiger charge is 1.91. The van der Waals surface area contributed by atoms with Crippen LogP contribution in [0.25, 0.3) is 0 Å². The molecule has 0 unspecified atom stereocenters. The van der Waals surface area contributed by atoms with Crippen molar-refractivity contribution < 1.29 is 9.60 Å². The van der Waals surface area contributed by atoms with Crippen LogP contribution in [0.15, 0.2) is 18.3 Å². The van der Waals surface area contributed by atoms with Crippen LogP contribution >= 0.6 is 0 Å². The Kier molecular flexibility index (Phi) is 2.30. The van der Waals surface area contributed by atoms with E-state index in [0.717, 1.165) is 6.20 Å². The van der Waals surface area contributed by atoms with Gasteiger partial charge in [0.2, 0.25) is 0 Å². The third kappa shape index (κ3) is 1.75. The van der Waals surface area contributed by atoms with Crippen molar-refractivity contribution in [3.63, 3.8) is 0 Å². The van der Waals surface area contributed by atoms with Gasteiger partial charge in [-0.25, -0.2) is 4.39 Å². The Morgan fingerprint density at radius 3 is 2.90 bits per heavy atom. The molecule has 0 bridgehead atoms. The number of rotatable bonds is 2. The Balaban J connectivity index is 2.69. The van der Waals surface area contributed by atoms with Gasteiger partial charge in [-0.3, -0.25) is 4.98 Å². The number of nitrogens with zero attached hydrogens (tertiary/aromatic N) is 1. The SMILES string of the molecule is ONCc1ccc(F)cn1. The van der Waals surface area contributed by atoms with Crippen molar-refractivity contribution in [3.05, 3.63) is 29.8 Å². The zero-order chi connectivity index (χ0) is 7.40. The van der Waals surface area contributed by atoms with Crippen LogP contribution in [-0.2, 0) is 6.54 Å². The fraction of sp³-hybridized carbons (Fsp3) is 0.167. The predicted molar refractivity (Wildman–Crippen MR) is 32.8 cm³/mol. The van der Waals surface area contributed by atoms with Crippen LogP contribution in [0.2, 0.25) is 0 Å². The fourth-order valence-corrected chi connectivity index (χ4v) is 0.592. The Hall–Kier alpha value is -1.00. The largest absolute Gasteiger partial charge is 0.316 e. The van der Waals surface area contributed by atoms with Gasteiger partial charge >= 0.3 is 0 Å². The summed E-state index contributed by atoms with van der Waals surface area (Å²) in [6.45, 7) is 0.236. The second kappa shape index (κ2) is 3.24. The first-order chi connectivity index (χ1) is 4.83. The van der Waals surface area contributed by atoms with E-state index in [1.165, 1.54) is 12.1 Å². The molecule has 3 nitrogen and oxygen atoms in total. The number of pyridine rings is 1. The maximum Gasteiger partial charge on any atom is 0.141 e. The molecule has 0 fully saturated rings. The van der Waals surface area contributed by atoms with E-state index < -0.39 is 0 Å². The molecule has 0 saturated carbocycles. The van der Waals surface area contributed by atoms with E-state index in [2.05, 4.69) is 4.98 Å². The summed E-state index contributed by atoms with van der Waals surface area (Å²) < 4.78 is 12.2. The molecule has 1 aromatic rings. The van der Waals surface area contributed by atoms with Gasteiger partial charge in [0.1, 0.15) is 5.82 Å². The molecule has 0 radical (unpaired) electrons. The average molecular weight is 142 g/mol. The lowest BCUT2D eigenvalue weighted by Gasteiger charge is -1.95. The van der Waals surface area contributed by atoms with Gasteiger partial charge in [-0.05, 0) is 12.1 Å². The summed E-state index contributed by atoms with van der Waals surface area (Å²) in [6.07, 6.45) is 1.10. The molecule has 1 heterocycles. The van der Waals surface area contributed by atoms with Gasteiger partial charge in [0.05, 0.1) is 18.4 Å². The lowest BCUT2D eigenvalue weighted by molar-refractivity contribution is 0.160. The highest BCUT2D eigenvalue weighted by Crippen LogP contribution is 1.96. The smallest absolute Gasteiger partial charge is 0.141 e. The maximum absolute atomic E-state index is 12.2. The second-order valence-corrected chi connectivity index (χ2v) is 1.80. The maximum atomic E-state index is 12.2. The third-order valence-corrected chi connectivity index (χ3v) is 1.05. The molecule has 0 spiro atoms. The van der Waals surface area contributed by atoms with Gasteiger partial charge in [-0.2, -0.15) is 5.48 Å². The molecule has 0 aliphatic heterocycles.